The van der Waals surface area contributed by atoms with Crippen molar-refractivity contribution in [2.45, 2.75) is 32.4 Å². The highest BCUT2D eigenvalue weighted by Crippen LogP contribution is 2.40. The number of ether oxygens (including phenoxy) is 2. The van der Waals surface area contributed by atoms with E-state index in [4.69, 9.17) is 21.1 Å². The minimum atomic E-state index is -0.481. The number of nitrogens with zero attached hydrogens (tertiary/aromatic N) is 6. The van der Waals surface area contributed by atoms with Crippen LogP contribution in [0.2, 0.25) is 5.02 Å². The molecule has 1 aromatic carbocycles. The Bertz CT molecular complexity index is 1130. The molecule has 2 aliphatic rings. The molecule has 1 aliphatic carbocycles. The Kier molecular flexibility index (Phi) is 6.51. The molecule has 0 radical (unpaired) electrons. The van der Waals surface area contributed by atoms with Crippen molar-refractivity contribution in [3.8, 4) is 11.8 Å². The zero-order chi connectivity index (χ0) is 23.7. The van der Waals surface area contributed by atoms with Crippen LogP contribution in [0.3, 0.4) is 0 Å². The van der Waals surface area contributed by atoms with Crippen LogP contribution in [0.4, 0.5) is 16.2 Å². The van der Waals surface area contributed by atoms with Crippen LogP contribution in [0.15, 0.2) is 30.6 Å². The van der Waals surface area contributed by atoms with Gasteiger partial charge in [-0.2, -0.15) is 4.98 Å². The average molecular weight is 488 g/mol. The van der Waals surface area contributed by atoms with E-state index < -0.39 is 5.82 Å². The van der Waals surface area contributed by atoms with Crippen molar-refractivity contribution < 1.29 is 13.9 Å². The molecule has 1 N–H and O–H groups in total. The smallest absolute Gasteiger partial charge is 0.322 e. The Morgan fingerprint density at radius 1 is 1.15 bits per heavy atom. The molecule has 0 unspecified atom stereocenters. The molecule has 180 valence electrons. The summed E-state index contributed by atoms with van der Waals surface area (Å²) in [6.45, 7) is 4.70. The van der Waals surface area contributed by atoms with Crippen LogP contribution in [0.1, 0.15) is 18.5 Å². The summed E-state index contributed by atoms with van der Waals surface area (Å²) < 4.78 is 26.4. The van der Waals surface area contributed by atoms with Gasteiger partial charge >= 0.3 is 6.01 Å². The SMILES string of the molecule is COCCn1nc(N[C@@H]2[C@@H]3CC[C@H]2CN(c2cc(C)ncn2)C3)nc1Oc1cc(F)cc(Cl)c1. The van der Waals surface area contributed by atoms with Gasteiger partial charge in [-0.3, -0.25) is 0 Å². The molecule has 2 aromatic heterocycles. The van der Waals surface area contributed by atoms with Gasteiger partial charge in [-0.05, 0) is 43.7 Å². The summed E-state index contributed by atoms with van der Waals surface area (Å²) in [4.78, 5) is 15.6. The van der Waals surface area contributed by atoms with Gasteiger partial charge in [0.05, 0.1) is 13.2 Å². The van der Waals surface area contributed by atoms with Gasteiger partial charge in [-0.25, -0.2) is 19.0 Å². The van der Waals surface area contributed by atoms with Crippen LogP contribution in [0, 0.1) is 24.6 Å². The van der Waals surface area contributed by atoms with Crippen molar-refractivity contribution in [3.63, 3.8) is 0 Å². The first-order chi connectivity index (χ1) is 16.5. The minimum Gasteiger partial charge on any atom is -0.424 e. The third-order valence-corrected chi connectivity index (χ3v) is 6.65. The number of nitrogens with one attached hydrogen (secondary N) is 1. The van der Waals surface area contributed by atoms with Crippen LogP contribution in [-0.2, 0) is 11.3 Å². The first kappa shape index (κ1) is 22.8. The Labute approximate surface area is 202 Å². The highest BCUT2D eigenvalue weighted by atomic mass is 35.5. The maximum Gasteiger partial charge on any atom is 0.322 e. The van der Waals surface area contributed by atoms with Gasteiger partial charge in [-0.1, -0.05) is 11.6 Å². The third-order valence-electron chi connectivity index (χ3n) is 6.43. The molecule has 1 aliphatic heterocycles. The molecular weight excluding hydrogens is 461 g/mol. The Morgan fingerprint density at radius 3 is 2.65 bits per heavy atom. The molecule has 3 aromatic rings. The van der Waals surface area contributed by atoms with E-state index in [-0.39, 0.29) is 22.8 Å². The van der Waals surface area contributed by atoms with Crippen molar-refractivity contribution in [2.24, 2.45) is 11.8 Å². The molecule has 1 saturated heterocycles. The lowest BCUT2D eigenvalue weighted by molar-refractivity contribution is 0.179. The molecule has 2 bridgehead atoms. The number of methoxy groups -OCH3 is 1. The maximum absolute atomic E-state index is 13.8. The summed E-state index contributed by atoms with van der Waals surface area (Å²) in [5.41, 5.74) is 0.968. The number of piperidine rings is 1. The van der Waals surface area contributed by atoms with Gasteiger partial charge in [0.2, 0.25) is 5.95 Å². The number of benzene rings is 1. The molecule has 9 nitrogen and oxygen atoms in total. The van der Waals surface area contributed by atoms with E-state index in [1.165, 1.54) is 18.2 Å². The predicted molar refractivity (Wildman–Crippen MR) is 126 cm³/mol. The Morgan fingerprint density at radius 2 is 1.94 bits per heavy atom. The molecule has 0 spiro atoms. The van der Waals surface area contributed by atoms with Crippen LogP contribution in [-0.4, -0.2) is 57.6 Å². The number of anilines is 2. The lowest BCUT2D eigenvalue weighted by Gasteiger charge is -2.38. The van der Waals surface area contributed by atoms with Crippen LogP contribution >= 0.6 is 11.6 Å². The van der Waals surface area contributed by atoms with E-state index >= 15 is 0 Å². The molecule has 11 heteroatoms. The summed E-state index contributed by atoms with van der Waals surface area (Å²) in [6.07, 6.45) is 3.90. The number of aromatic nitrogens is 5. The van der Waals surface area contributed by atoms with Crippen LogP contribution in [0.25, 0.3) is 0 Å². The Hall–Kier alpha value is -2.98. The quantitative estimate of drug-likeness (QED) is 0.511. The van der Waals surface area contributed by atoms with Crippen molar-refractivity contribution in [2.75, 3.05) is 37.0 Å². The standard InChI is InChI=1S/C23H27ClFN7O2/c1-14-7-20(27-13-26-14)31-11-15-3-4-16(12-31)21(15)28-22-29-23(32(30-22)5-6-33-2)34-19-9-17(24)8-18(25)10-19/h7-10,13,15-16,21H,3-6,11-12H2,1-2H3,(H,28,30)/t15-,16+,21-. The zero-order valence-electron chi connectivity index (χ0n) is 19.1. The monoisotopic (exact) mass is 487 g/mol. The van der Waals surface area contributed by atoms with Gasteiger partial charge in [0.25, 0.3) is 0 Å². The minimum absolute atomic E-state index is 0.249. The third kappa shape index (κ3) is 4.92. The van der Waals surface area contributed by atoms with E-state index in [1.807, 2.05) is 13.0 Å². The second-order valence-corrected chi connectivity index (χ2v) is 9.27. The van der Waals surface area contributed by atoms with Gasteiger partial charge in [0, 0.05) is 49.1 Å². The van der Waals surface area contributed by atoms with Gasteiger partial charge < -0.3 is 19.7 Å². The molecule has 3 heterocycles. The van der Waals surface area contributed by atoms with Crippen LogP contribution in [0.5, 0.6) is 11.8 Å². The summed E-state index contributed by atoms with van der Waals surface area (Å²) in [5, 5.41) is 8.39. The largest absolute Gasteiger partial charge is 0.424 e. The highest BCUT2D eigenvalue weighted by Gasteiger charge is 2.43. The van der Waals surface area contributed by atoms with Crippen molar-refractivity contribution in [3.05, 3.63) is 47.1 Å². The van der Waals surface area contributed by atoms with Crippen LogP contribution < -0.4 is 15.0 Å². The fourth-order valence-corrected chi connectivity index (χ4v) is 5.10. The predicted octanol–water partition coefficient (Wildman–Crippen LogP) is 3.93. The van der Waals surface area contributed by atoms with Crippen molar-refractivity contribution in [1.82, 2.24) is 24.7 Å². The van der Waals surface area contributed by atoms with Gasteiger partial charge in [0.1, 0.15) is 23.7 Å². The summed E-state index contributed by atoms with van der Waals surface area (Å²) in [7, 11) is 1.62. The highest BCUT2D eigenvalue weighted by molar-refractivity contribution is 6.30. The number of aryl methyl sites for hydroxylation is 1. The number of fused-ring (bicyclic) bond motifs is 2. The fraction of sp³-hybridized carbons (Fsp3) is 0.478. The molecule has 2 fully saturated rings. The number of hydrogen-bond donors (Lipinski definition) is 1. The van der Waals surface area contributed by atoms with E-state index in [2.05, 4.69) is 30.3 Å². The lowest BCUT2D eigenvalue weighted by atomic mass is 9.92. The topological polar surface area (TPSA) is 90.2 Å². The number of halogens is 2. The number of hydrogen-bond acceptors (Lipinski definition) is 8. The number of rotatable bonds is 8. The summed E-state index contributed by atoms with van der Waals surface area (Å²) in [5.74, 6) is 2.15. The van der Waals surface area contributed by atoms with E-state index in [0.29, 0.717) is 30.9 Å². The molecule has 0 amide bonds. The normalized spacial score (nSPS) is 21.6. The van der Waals surface area contributed by atoms with E-state index in [9.17, 15) is 4.39 Å². The average Bonchev–Trinajstić information content (AvgIpc) is 3.26. The van der Waals surface area contributed by atoms with E-state index in [0.717, 1.165) is 37.4 Å². The van der Waals surface area contributed by atoms with E-state index in [1.54, 1.807) is 18.1 Å². The van der Waals surface area contributed by atoms with Gasteiger partial charge in [0.15, 0.2) is 0 Å². The van der Waals surface area contributed by atoms with Crippen molar-refractivity contribution in [1.29, 1.82) is 0 Å². The Balaban J connectivity index is 1.32. The van der Waals surface area contributed by atoms with Crippen molar-refractivity contribution >= 4 is 23.4 Å². The molecular formula is C23H27ClFN7O2. The second-order valence-electron chi connectivity index (χ2n) is 8.83. The second kappa shape index (κ2) is 9.71. The molecule has 5 rings (SSSR count). The summed E-state index contributed by atoms with van der Waals surface area (Å²) >= 11 is 5.97. The molecule has 34 heavy (non-hydrogen) atoms. The molecule has 3 atom stereocenters. The van der Waals surface area contributed by atoms with Gasteiger partial charge in [-0.15, -0.1) is 5.10 Å². The lowest BCUT2D eigenvalue weighted by Crippen LogP contribution is -2.48. The fourth-order valence-electron chi connectivity index (χ4n) is 4.89. The summed E-state index contributed by atoms with van der Waals surface area (Å²) in [6, 6.07) is 6.57. The first-order valence-electron chi connectivity index (χ1n) is 11.4. The maximum atomic E-state index is 13.8. The zero-order valence-corrected chi connectivity index (χ0v) is 19.9. The first-order valence-corrected chi connectivity index (χ1v) is 11.7. The molecule has 1 saturated carbocycles.